The second kappa shape index (κ2) is 5.10. The van der Waals surface area contributed by atoms with Crippen molar-refractivity contribution in [2.45, 2.75) is 20.3 Å². The quantitative estimate of drug-likeness (QED) is 0.606. The lowest BCUT2D eigenvalue weighted by Crippen LogP contribution is -2.15. The zero-order chi connectivity index (χ0) is 15.1. The van der Waals surface area contributed by atoms with Crippen LogP contribution in [0.5, 0.6) is 0 Å². The van der Waals surface area contributed by atoms with E-state index in [2.05, 4.69) is 68.4 Å². The molecule has 0 aromatic heterocycles. The molecule has 4 rings (SSSR count). The number of rotatable bonds is 1. The second-order valence-electron chi connectivity index (χ2n) is 6.12. The molecule has 0 fully saturated rings. The normalized spacial score (nSPS) is 13.8. The molecule has 1 aliphatic rings. The maximum atomic E-state index is 4.89. The molecule has 3 aromatic rings. The van der Waals surface area contributed by atoms with E-state index >= 15 is 0 Å². The Balaban J connectivity index is 2.02. The number of aryl methyl sites for hydroxylation is 2. The lowest BCUT2D eigenvalue weighted by Gasteiger charge is -2.20. The molecule has 0 saturated heterocycles. The first-order chi connectivity index (χ1) is 10.7. The van der Waals surface area contributed by atoms with Gasteiger partial charge in [0, 0.05) is 17.7 Å². The van der Waals surface area contributed by atoms with Gasteiger partial charge in [0.15, 0.2) is 0 Å². The zero-order valence-corrected chi connectivity index (χ0v) is 13.1. The smallest absolute Gasteiger partial charge is 0.0730 e. The Morgan fingerprint density at radius 2 is 1.77 bits per heavy atom. The molecular formula is C21H19N. The molecule has 0 spiro atoms. The first-order valence-corrected chi connectivity index (χ1v) is 7.87. The SMILES string of the molecule is Cc1ccc2c(C3=NCCc4ccccc43)c(C)ccc2c1. The molecule has 0 radical (unpaired) electrons. The van der Waals surface area contributed by atoms with Gasteiger partial charge in [-0.15, -0.1) is 0 Å². The first kappa shape index (κ1) is 13.3. The fourth-order valence-electron chi connectivity index (χ4n) is 3.43. The van der Waals surface area contributed by atoms with Crippen LogP contribution >= 0.6 is 0 Å². The van der Waals surface area contributed by atoms with Crippen LogP contribution in [-0.2, 0) is 6.42 Å². The fraction of sp³-hybridized carbons (Fsp3) is 0.190. The number of hydrogen-bond donors (Lipinski definition) is 0. The molecule has 0 unspecified atom stereocenters. The molecule has 22 heavy (non-hydrogen) atoms. The van der Waals surface area contributed by atoms with Crippen LogP contribution in [0.25, 0.3) is 10.8 Å². The molecule has 1 aliphatic heterocycles. The van der Waals surface area contributed by atoms with Crippen LogP contribution in [-0.4, -0.2) is 12.3 Å². The minimum atomic E-state index is 0.883. The highest BCUT2D eigenvalue weighted by Crippen LogP contribution is 2.29. The molecule has 3 aromatic carbocycles. The summed E-state index contributed by atoms with van der Waals surface area (Å²) in [6, 6.07) is 19.8. The number of nitrogens with zero attached hydrogens (tertiary/aromatic N) is 1. The lowest BCUT2D eigenvalue weighted by molar-refractivity contribution is 0.944. The number of benzene rings is 3. The molecule has 1 heterocycles. The van der Waals surface area contributed by atoms with Gasteiger partial charge in [-0.3, -0.25) is 4.99 Å². The first-order valence-electron chi connectivity index (χ1n) is 7.87. The third-order valence-electron chi connectivity index (χ3n) is 4.54. The Morgan fingerprint density at radius 3 is 2.68 bits per heavy atom. The largest absolute Gasteiger partial charge is 0.284 e. The van der Waals surface area contributed by atoms with Crippen molar-refractivity contribution in [3.8, 4) is 0 Å². The summed E-state index contributed by atoms with van der Waals surface area (Å²) in [4.78, 5) is 4.89. The van der Waals surface area contributed by atoms with E-state index in [0.717, 1.165) is 18.7 Å². The van der Waals surface area contributed by atoms with E-state index in [0.29, 0.717) is 0 Å². The van der Waals surface area contributed by atoms with Crippen molar-refractivity contribution in [1.82, 2.24) is 0 Å². The fourth-order valence-corrected chi connectivity index (χ4v) is 3.43. The topological polar surface area (TPSA) is 12.4 Å². The minimum Gasteiger partial charge on any atom is -0.284 e. The Morgan fingerprint density at radius 1 is 0.909 bits per heavy atom. The van der Waals surface area contributed by atoms with Crippen LogP contribution < -0.4 is 0 Å². The summed E-state index contributed by atoms with van der Waals surface area (Å²) in [6.45, 7) is 5.22. The van der Waals surface area contributed by atoms with E-state index < -0.39 is 0 Å². The molecular weight excluding hydrogens is 266 g/mol. The second-order valence-corrected chi connectivity index (χ2v) is 6.12. The highest BCUT2D eigenvalue weighted by molar-refractivity contribution is 6.21. The van der Waals surface area contributed by atoms with Gasteiger partial charge < -0.3 is 0 Å². The van der Waals surface area contributed by atoms with Crippen molar-refractivity contribution in [1.29, 1.82) is 0 Å². The zero-order valence-electron chi connectivity index (χ0n) is 13.1. The maximum absolute atomic E-state index is 4.89. The van der Waals surface area contributed by atoms with Gasteiger partial charge in [-0.2, -0.15) is 0 Å². The highest BCUT2D eigenvalue weighted by atomic mass is 14.7. The van der Waals surface area contributed by atoms with E-state index in [1.807, 2.05) is 0 Å². The third kappa shape index (κ3) is 2.05. The lowest BCUT2D eigenvalue weighted by atomic mass is 9.88. The summed E-state index contributed by atoms with van der Waals surface area (Å²) in [6.07, 6.45) is 1.04. The van der Waals surface area contributed by atoms with Crippen molar-refractivity contribution in [2.24, 2.45) is 4.99 Å². The van der Waals surface area contributed by atoms with Gasteiger partial charge in [-0.05, 0) is 42.2 Å². The van der Waals surface area contributed by atoms with Crippen LogP contribution in [0.1, 0.15) is 27.8 Å². The maximum Gasteiger partial charge on any atom is 0.0730 e. The minimum absolute atomic E-state index is 0.883. The Hall–Kier alpha value is -2.41. The summed E-state index contributed by atoms with van der Waals surface area (Å²) in [5, 5.41) is 2.60. The molecule has 0 N–H and O–H groups in total. The molecule has 0 aliphatic carbocycles. The standard InChI is InChI=1S/C21H19N/c1-14-7-10-18-17(13-14)9-8-15(2)20(18)21-19-6-4-3-5-16(19)11-12-22-21/h3-10,13H,11-12H2,1-2H3. The highest BCUT2D eigenvalue weighted by Gasteiger charge is 2.18. The van der Waals surface area contributed by atoms with Gasteiger partial charge in [-0.1, -0.05) is 60.2 Å². The Kier molecular flexibility index (Phi) is 3.07. The summed E-state index contributed by atoms with van der Waals surface area (Å²) >= 11 is 0. The number of hydrogen-bond acceptors (Lipinski definition) is 1. The Bertz CT molecular complexity index is 903. The molecule has 0 atom stereocenters. The number of aliphatic imine (C=N–C) groups is 1. The molecule has 0 amide bonds. The average molecular weight is 285 g/mol. The van der Waals surface area contributed by atoms with E-state index in [1.165, 1.54) is 38.6 Å². The van der Waals surface area contributed by atoms with Crippen LogP contribution in [0.3, 0.4) is 0 Å². The van der Waals surface area contributed by atoms with Gasteiger partial charge in [-0.25, -0.2) is 0 Å². The third-order valence-corrected chi connectivity index (χ3v) is 4.54. The summed E-state index contributed by atoms with van der Waals surface area (Å²) < 4.78 is 0. The van der Waals surface area contributed by atoms with Gasteiger partial charge >= 0.3 is 0 Å². The molecule has 1 heteroatoms. The van der Waals surface area contributed by atoms with E-state index in [1.54, 1.807) is 0 Å². The van der Waals surface area contributed by atoms with Crippen molar-refractivity contribution >= 4 is 16.5 Å². The number of fused-ring (bicyclic) bond motifs is 2. The van der Waals surface area contributed by atoms with Crippen LogP contribution in [0, 0.1) is 13.8 Å². The van der Waals surface area contributed by atoms with E-state index in [-0.39, 0.29) is 0 Å². The van der Waals surface area contributed by atoms with Crippen molar-refractivity contribution in [2.75, 3.05) is 6.54 Å². The molecule has 108 valence electrons. The molecule has 1 nitrogen and oxygen atoms in total. The Labute approximate surface area is 131 Å². The van der Waals surface area contributed by atoms with Crippen LogP contribution in [0.2, 0.25) is 0 Å². The van der Waals surface area contributed by atoms with Gasteiger partial charge in [0.05, 0.1) is 5.71 Å². The van der Waals surface area contributed by atoms with Gasteiger partial charge in [0.25, 0.3) is 0 Å². The summed E-state index contributed by atoms with van der Waals surface area (Å²) in [5.41, 5.74) is 7.76. The van der Waals surface area contributed by atoms with Crippen molar-refractivity contribution in [3.05, 3.63) is 82.4 Å². The molecule has 0 saturated carbocycles. The van der Waals surface area contributed by atoms with Crippen LogP contribution in [0.4, 0.5) is 0 Å². The van der Waals surface area contributed by atoms with Crippen LogP contribution in [0.15, 0.2) is 59.6 Å². The van der Waals surface area contributed by atoms with E-state index in [4.69, 9.17) is 4.99 Å². The average Bonchev–Trinajstić information content (AvgIpc) is 2.55. The molecule has 0 bridgehead atoms. The summed E-state index contributed by atoms with van der Waals surface area (Å²) in [5.74, 6) is 0. The monoisotopic (exact) mass is 285 g/mol. The predicted octanol–water partition coefficient (Wildman–Crippen LogP) is 4.85. The summed E-state index contributed by atoms with van der Waals surface area (Å²) in [7, 11) is 0. The van der Waals surface area contributed by atoms with Crippen molar-refractivity contribution < 1.29 is 0 Å². The van der Waals surface area contributed by atoms with E-state index in [9.17, 15) is 0 Å². The van der Waals surface area contributed by atoms with Crippen molar-refractivity contribution in [3.63, 3.8) is 0 Å². The predicted molar refractivity (Wildman–Crippen MR) is 94.1 cm³/mol. The van der Waals surface area contributed by atoms with Gasteiger partial charge in [0.1, 0.15) is 0 Å². The van der Waals surface area contributed by atoms with Gasteiger partial charge in [0.2, 0.25) is 0 Å².